The van der Waals surface area contributed by atoms with Crippen LogP contribution in [0.2, 0.25) is 0 Å². The number of aliphatic hydroxyl groups is 2. The zero-order chi connectivity index (χ0) is 19.6. The summed E-state index contributed by atoms with van der Waals surface area (Å²) in [6.45, 7) is 1.18. The number of unbranched alkanes of at least 4 members (excludes halogenated alkanes) is 1. The second kappa shape index (κ2) is 10.4. The highest BCUT2D eigenvalue weighted by Gasteiger charge is 2.35. The lowest BCUT2D eigenvalue weighted by molar-refractivity contribution is -0.139. The summed E-state index contributed by atoms with van der Waals surface area (Å²) < 4.78 is 45.2. The number of hydrogen-bond acceptors (Lipinski definition) is 4. The largest absolute Gasteiger partial charge is 0.492 e. The van der Waals surface area contributed by atoms with Gasteiger partial charge in [-0.05, 0) is 37.0 Å². The summed E-state index contributed by atoms with van der Waals surface area (Å²) in [6.07, 6.45) is -2.14. The number of alkyl halides is 3. The number of ether oxygens (including phenoxy) is 1. The van der Waals surface area contributed by atoms with Gasteiger partial charge in [-0.3, -0.25) is 0 Å². The Morgan fingerprint density at radius 3 is 2.35 bits per heavy atom. The molecule has 0 saturated carbocycles. The van der Waals surface area contributed by atoms with Gasteiger partial charge in [-0.25, -0.2) is 0 Å². The van der Waals surface area contributed by atoms with Crippen LogP contribution in [-0.2, 0) is 12.6 Å². The van der Waals surface area contributed by atoms with Crippen molar-refractivity contribution in [1.29, 1.82) is 0 Å². The standard InChI is InChI=1S/C19H26F3NO3/c1-2-3-4-5-6-11-26-17-8-7-15(12-16(17)19(20,21)22)9-10-18(23,13-24)14-25/h7-8,12,24-25H,2-3,6,9-11,13-14,23H2,1H3. The molecule has 0 spiro atoms. The van der Waals surface area contributed by atoms with Crippen LogP contribution < -0.4 is 10.5 Å². The second-order valence-corrected chi connectivity index (χ2v) is 6.21. The maximum absolute atomic E-state index is 13.3. The zero-order valence-corrected chi connectivity index (χ0v) is 14.9. The van der Waals surface area contributed by atoms with Crippen LogP contribution in [0, 0.1) is 11.8 Å². The van der Waals surface area contributed by atoms with E-state index in [1.165, 1.54) is 12.1 Å². The molecule has 0 fully saturated rings. The van der Waals surface area contributed by atoms with E-state index < -0.39 is 30.5 Å². The molecule has 7 heteroatoms. The van der Waals surface area contributed by atoms with Gasteiger partial charge in [-0.15, -0.1) is 5.92 Å². The van der Waals surface area contributed by atoms with Crippen LogP contribution in [0.1, 0.15) is 43.7 Å². The summed E-state index contributed by atoms with van der Waals surface area (Å²) in [5, 5.41) is 18.3. The minimum atomic E-state index is -4.55. The third kappa shape index (κ3) is 7.24. The Labute approximate surface area is 152 Å². The Morgan fingerprint density at radius 1 is 1.12 bits per heavy atom. The van der Waals surface area contributed by atoms with Gasteiger partial charge in [-0.2, -0.15) is 13.2 Å². The van der Waals surface area contributed by atoms with Gasteiger partial charge in [0.05, 0.1) is 30.9 Å². The van der Waals surface area contributed by atoms with E-state index in [-0.39, 0.29) is 25.2 Å². The number of hydrogen-bond donors (Lipinski definition) is 3. The molecule has 0 unspecified atom stereocenters. The predicted octanol–water partition coefficient (Wildman–Crippen LogP) is 2.89. The van der Waals surface area contributed by atoms with Gasteiger partial charge in [0.2, 0.25) is 0 Å². The molecule has 0 aliphatic heterocycles. The molecule has 1 rings (SSSR count). The van der Waals surface area contributed by atoms with Crippen molar-refractivity contribution in [1.82, 2.24) is 0 Å². The molecule has 146 valence electrons. The first-order chi connectivity index (χ1) is 12.3. The topological polar surface area (TPSA) is 75.7 Å². The Balaban J connectivity index is 2.82. The van der Waals surface area contributed by atoms with Crippen molar-refractivity contribution in [2.45, 2.75) is 50.7 Å². The van der Waals surface area contributed by atoms with Gasteiger partial charge in [0, 0.05) is 12.8 Å². The Hall–Kier alpha value is -1.75. The minimum Gasteiger partial charge on any atom is -0.492 e. The molecule has 0 heterocycles. The third-order valence-corrected chi connectivity index (χ3v) is 3.88. The average molecular weight is 373 g/mol. The number of aliphatic hydroxyl groups excluding tert-OH is 2. The summed E-state index contributed by atoms with van der Waals surface area (Å²) in [5.74, 6) is 5.54. The fraction of sp³-hybridized carbons (Fsp3) is 0.579. The minimum absolute atomic E-state index is 0.0834. The fourth-order valence-electron chi connectivity index (χ4n) is 2.20. The van der Waals surface area contributed by atoms with Gasteiger partial charge in [0.1, 0.15) is 5.75 Å². The van der Waals surface area contributed by atoms with E-state index in [9.17, 15) is 13.2 Å². The van der Waals surface area contributed by atoms with Crippen LogP contribution in [-0.4, -0.2) is 35.6 Å². The molecule has 1 aromatic rings. The first kappa shape index (κ1) is 22.3. The van der Waals surface area contributed by atoms with Gasteiger partial charge >= 0.3 is 6.18 Å². The molecule has 0 aliphatic carbocycles. The molecule has 0 bridgehead atoms. The lowest BCUT2D eigenvalue weighted by Gasteiger charge is -2.24. The molecule has 0 aromatic heterocycles. The van der Waals surface area contributed by atoms with Crippen LogP contribution in [0.4, 0.5) is 13.2 Å². The summed E-state index contributed by atoms with van der Waals surface area (Å²) in [5.41, 5.74) is 4.09. The SMILES string of the molecule is CCCC#CCCOc1ccc(CCC(N)(CO)CO)cc1C(F)(F)F. The van der Waals surface area contributed by atoms with Crippen molar-refractivity contribution >= 4 is 0 Å². The van der Waals surface area contributed by atoms with Gasteiger partial charge in [0.15, 0.2) is 0 Å². The first-order valence-electron chi connectivity index (χ1n) is 8.55. The van der Waals surface area contributed by atoms with Gasteiger partial charge < -0.3 is 20.7 Å². The Morgan fingerprint density at radius 2 is 1.77 bits per heavy atom. The number of benzene rings is 1. The molecule has 0 amide bonds. The van der Waals surface area contributed by atoms with E-state index in [1.54, 1.807) is 0 Å². The highest BCUT2D eigenvalue weighted by atomic mass is 19.4. The second-order valence-electron chi connectivity index (χ2n) is 6.21. The lowest BCUT2D eigenvalue weighted by atomic mass is 9.93. The number of aryl methyl sites for hydroxylation is 1. The van der Waals surface area contributed by atoms with Crippen molar-refractivity contribution in [3.63, 3.8) is 0 Å². The highest BCUT2D eigenvalue weighted by molar-refractivity contribution is 5.39. The molecule has 1 aromatic carbocycles. The van der Waals surface area contributed by atoms with Crippen molar-refractivity contribution in [2.24, 2.45) is 5.73 Å². The van der Waals surface area contributed by atoms with E-state index in [1.807, 2.05) is 6.92 Å². The maximum Gasteiger partial charge on any atom is 0.419 e. The number of nitrogens with two attached hydrogens (primary N) is 1. The average Bonchev–Trinajstić information content (AvgIpc) is 2.62. The van der Waals surface area contributed by atoms with Crippen LogP contribution in [0.5, 0.6) is 5.75 Å². The summed E-state index contributed by atoms with van der Waals surface area (Å²) in [6, 6.07) is 3.84. The van der Waals surface area contributed by atoms with Crippen LogP contribution in [0.25, 0.3) is 0 Å². The van der Waals surface area contributed by atoms with Crippen molar-refractivity contribution in [3.8, 4) is 17.6 Å². The molecule has 0 saturated heterocycles. The van der Waals surface area contributed by atoms with E-state index in [0.29, 0.717) is 12.0 Å². The van der Waals surface area contributed by atoms with Crippen molar-refractivity contribution in [2.75, 3.05) is 19.8 Å². The van der Waals surface area contributed by atoms with Crippen molar-refractivity contribution in [3.05, 3.63) is 29.3 Å². The zero-order valence-electron chi connectivity index (χ0n) is 14.9. The quantitative estimate of drug-likeness (QED) is 0.460. The smallest absolute Gasteiger partial charge is 0.419 e. The number of rotatable bonds is 9. The molecule has 4 N–H and O–H groups in total. The highest BCUT2D eigenvalue weighted by Crippen LogP contribution is 2.37. The fourth-order valence-corrected chi connectivity index (χ4v) is 2.20. The van der Waals surface area contributed by atoms with Crippen LogP contribution in [0.3, 0.4) is 0 Å². The normalized spacial score (nSPS) is 11.8. The Bertz CT molecular complexity index is 617. The number of halogens is 3. The summed E-state index contributed by atoms with van der Waals surface area (Å²) >= 11 is 0. The summed E-state index contributed by atoms with van der Waals surface area (Å²) in [4.78, 5) is 0. The van der Waals surface area contributed by atoms with E-state index in [4.69, 9.17) is 20.7 Å². The van der Waals surface area contributed by atoms with Crippen LogP contribution >= 0.6 is 0 Å². The van der Waals surface area contributed by atoms with E-state index in [2.05, 4.69) is 11.8 Å². The molecule has 0 atom stereocenters. The molecule has 26 heavy (non-hydrogen) atoms. The van der Waals surface area contributed by atoms with E-state index in [0.717, 1.165) is 18.9 Å². The maximum atomic E-state index is 13.3. The van der Waals surface area contributed by atoms with Crippen molar-refractivity contribution < 1.29 is 28.1 Å². The third-order valence-electron chi connectivity index (χ3n) is 3.88. The molecule has 0 aliphatic rings. The molecule has 0 radical (unpaired) electrons. The predicted molar refractivity (Wildman–Crippen MR) is 93.7 cm³/mol. The monoisotopic (exact) mass is 373 g/mol. The van der Waals surface area contributed by atoms with Gasteiger partial charge in [0.25, 0.3) is 0 Å². The Kier molecular flexibility index (Phi) is 8.93. The molecule has 4 nitrogen and oxygen atoms in total. The van der Waals surface area contributed by atoms with Crippen LogP contribution in [0.15, 0.2) is 18.2 Å². The molecular formula is C19H26F3NO3. The van der Waals surface area contributed by atoms with E-state index >= 15 is 0 Å². The van der Waals surface area contributed by atoms with Gasteiger partial charge in [-0.1, -0.05) is 18.9 Å². The first-order valence-corrected chi connectivity index (χ1v) is 8.55. The summed E-state index contributed by atoms with van der Waals surface area (Å²) in [7, 11) is 0. The lowest BCUT2D eigenvalue weighted by Crippen LogP contribution is -2.47. The molecular weight excluding hydrogens is 347 g/mol.